The fourth-order valence-electron chi connectivity index (χ4n) is 2.71. The van der Waals surface area contributed by atoms with Crippen molar-refractivity contribution in [3.8, 4) is 0 Å². The van der Waals surface area contributed by atoms with Crippen molar-refractivity contribution in [3.63, 3.8) is 0 Å². The second-order valence-electron chi connectivity index (χ2n) is 4.66. The van der Waals surface area contributed by atoms with Crippen molar-refractivity contribution in [1.29, 1.82) is 0 Å². The summed E-state index contributed by atoms with van der Waals surface area (Å²) in [5.74, 6) is 0. The molecule has 2 aliphatic carbocycles. The van der Waals surface area contributed by atoms with Crippen LogP contribution in [0.15, 0.2) is 17.7 Å². The van der Waals surface area contributed by atoms with E-state index in [2.05, 4.69) is 25.1 Å². The molecular formula is C14H16. The van der Waals surface area contributed by atoms with E-state index in [1.165, 1.54) is 43.2 Å². The molecule has 0 saturated heterocycles. The van der Waals surface area contributed by atoms with Crippen LogP contribution in [0.2, 0.25) is 0 Å². The lowest BCUT2D eigenvalue weighted by Crippen LogP contribution is -1.99. The molecule has 0 radical (unpaired) electrons. The Morgan fingerprint density at radius 3 is 2.50 bits per heavy atom. The van der Waals surface area contributed by atoms with Gasteiger partial charge in [0.05, 0.1) is 0 Å². The van der Waals surface area contributed by atoms with Crippen LogP contribution in [-0.2, 0) is 19.3 Å². The highest BCUT2D eigenvalue weighted by Crippen LogP contribution is 2.30. The summed E-state index contributed by atoms with van der Waals surface area (Å²) in [5.41, 5.74) is 7.84. The summed E-state index contributed by atoms with van der Waals surface area (Å²) in [6, 6.07) is 4.89. The molecule has 0 heterocycles. The van der Waals surface area contributed by atoms with E-state index in [-0.39, 0.29) is 0 Å². The number of benzene rings is 1. The van der Waals surface area contributed by atoms with Gasteiger partial charge < -0.3 is 0 Å². The molecule has 0 amide bonds. The van der Waals surface area contributed by atoms with Crippen LogP contribution in [0.4, 0.5) is 0 Å². The molecule has 0 aliphatic heterocycles. The Balaban J connectivity index is 2.15. The molecule has 3 rings (SSSR count). The van der Waals surface area contributed by atoms with E-state index in [9.17, 15) is 0 Å². The first-order valence-electron chi connectivity index (χ1n) is 5.65. The van der Waals surface area contributed by atoms with Crippen LogP contribution in [-0.4, -0.2) is 0 Å². The third-order valence-electron chi connectivity index (χ3n) is 3.54. The van der Waals surface area contributed by atoms with Crippen LogP contribution in [0, 0.1) is 0 Å². The summed E-state index contributed by atoms with van der Waals surface area (Å²) in [5, 5.41) is 0. The molecule has 2 aliphatic rings. The minimum atomic E-state index is 1.25. The van der Waals surface area contributed by atoms with E-state index in [1.807, 2.05) is 0 Å². The molecule has 0 saturated carbocycles. The minimum Gasteiger partial charge on any atom is -0.0724 e. The molecule has 0 N–H and O–H groups in total. The van der Waals surface area contributed by atoms with Gasteiger partial charge in [-0.25, -0.2) is 0 Å². The molecular weight excluding hydrogens is 168 g/mol. The number of hydrogen-bond donors (Lipinski definition) is 0. The van der Waals surface area contributed by atoms with Gasteiger partial charge >= 0.3 is 0 Å². The molecule has 14 heavy (non-hydrogen) atoms. The molecule has 0 spiro atoms. The Morgan fingerprint density at radius 2 is 1.64 bits per heavy atom. The third-order valence-corrected chi connectivity index (χ3v) is 3.54. The van der Waals surface area contributed by atoms with Crippen LogP contribution in [0.3, 0.4) is 0 Å². The smallest absolute Gasteiger partial charge is 0.0222 e. The van der Waals surface area contributed by atoms with Crippen molar-refractivity contribution >= 4 is 6.08 Å². The lowest BCUT2D eigenvalue weighted by molar-refractivity contribution is 0.909. The first-order valence-corrected chi connectivity index (χ1v) is 5.65. The van der Waals surface area contributed by atoms with Gasteiger partial charge in [0.1, 0.15) is 0 Å². The molecule has 0 bridgehead atoms. The average molecular weight is 184 g/mol. The van der Waals surface area contributed by atoms with Crippen molar-refractivity contribution < 1.29 is 0 Å². The van der Waals surface area contributed by atoms with Crippen LogP contribution in [0.25, 0.3) is 6.08 Å². The highest BCUT2D eigenvalue weighted by Gasteiger charge is 2.15. The summed E-state index contributed by atoms with van der Waals surface area (Å²) in [6.45, 7) is 2.25. The fourth-order valence-corrected chi connectivity index (χ4v) is 2.71. The Morgan fingerprint density at radius 1 is 0.857 bits per heavy atom. The van der Waals surface area contributed by atoms with Crippen molar-refractivity contribution in [1.82, 2.24) is 0 Å². The molecule has 72 valence electrons. The van der Waals surface area contributed by atoms with E-state index in [4.69, 9.17) is 0 Å². The topological polar surface area (TPSA) is 0 Å². The summed E-state index contributed by atoms with van der Waals surface area (Å²) in [6.07, 6.45) is 8.86. The molecule has 0 atom stereocenters. The Kier molecular flexibility index (Phi) is 1.76. The van der Waals surface area contributed by atoms with Crippen LogP contribution < -0.4 is 0 Å². The standard InChI is InChI=1S/C14H16/c1-10-5-6-13-8-11-3-2-4-12(11)9-14(13)7-10/h7-9H,2-6H2,1H3. The maximum atomic E-state index is 2.46. The zero-order chi connectivity index (χ0) is 9.54. The Hall–Kier alpha value is -1.04. The number of allylic oxidation sites excluding steroid dienone is 1. The number of rotatable bonds is 0. The number of hydrogen-bond acceptors (Lipinski definition) is 0. The van der Waals surface area contributed by atoms with E-state index < -0.39 is 0 Å². The second kappa shape index (κ2) is 2.98. The molecule has 1 aromatic rings. The Bertz CT molecular complexity index is 410. The first-order chi connectivity index (χ1) is 6.83. The van der Waals surface area contributed by atoms with Gasteiger partial charge in [-0.3, -0.25) is 0 Å². The van der Waals surface area contributed by atoms with E-state index >= 15 is 0 Å². The quantitative estimate of drug-likeness (QED) is 0.578. The van der Waals surface area contributed by atoms with Gasteiger partial charge in [0, 0.05) is 0 Å². The zero-order valence-corrected chi connectivity index (χ0v) is 8.77. The summed E-state index contributed by atoms with van der Waals surface area (Å²) in [7, 11) is 0. The molecule has 0 fully saturated rings. The van der Waals surface area contributed by atoms with Gasteiger partial charge in [-0.2, -0.15) is 0 Å². The van der Waals surface area contributed by atoms with Gasteiger partial charge in [-0.05, 0) is 61.3 Å². The van der Waals surface area contributed by atoms with E-state index in [1.54, 1.807) is 16.7 Å². The highest BCUT2D eigenvalue weighted by molar-refractivity contribution is 5.61. The van der Waals surface area contributed by atoms with Crippen LogP contribution in [0.5, 0.6) is 0 Å². The normalized spacial score (nSPS) is 18.8. The SMILES string of the molecule is CC1=Cc2cc3c(cc2CC1)CCC3. The fraction of sp³-hybridized carbons (Fsp3) is 0.429. The van der Waals surface area contributed by atoms with Gasteiger partial charge in [0.15, 0.2) is 0 Å². The lowest BCUT2D eigenvalue weighted by atomic mass is 9.90. The first kappa shape index (κ1) is 8.28. The molecule has 0 aromatic heterocycles. The minimum absolute atomic E-state index is 1.25. The maximum absolute atomic E-state index is 2.46. The predicted molar refractivity (Wildman–Crippen MR) is 60.4 cm³/mol. The monoisotopic (exact) mass is 184 g/mol. The van der Waals surface area contributed by atoms with E-state index in [0.717, 1.165) is 0 Å². The van der Waals surface area contributed by atoms with E-state index in [0.29, 0.717) is 0 Å². The van der Waals surface area contributed by atoms with Gasteiger partial charge in [-0.1, -0.05) is 23.8 Å². The third kappa shape index (κ3) is 1.21. The lowest BCUT2D eigenvalue weighted by Gasteiger charge is -2.15. The zero-order valence-electron chi connectivity index (χ0n) is 8.77. The molecule has 0 heteroatoms. The van der Waals surface area contributed by atoms with Gasteiger partial charge in [0.25, 0.3) is 0 Å². The van der Waals surface area contributed by atoms with Crippen molar-refractivity contribution in [2.45, 2.75) is 39.0 Å². The molecule has 0 nitrogen and oxygen atoms in total. The summed E-state index contributed by atoms with van der Waals surface area (Å²) in [4.78, 5) is 0. The maximum Gasteiger partial charge on any atom is -0.0222 e. The van der Waals surface area contributed by atoms with Gasteiger partial charge in [0.2, 0.25) is 0 Å². The summed E-state index contributed by atoms with van der Waals surface area (Å²) >= 11 is 0. The number of aryl methyl sites for hydroxylation is 3. The number of fused-ring (bicyclic) bond motifs is 2. The largest absolute Gasteiger partial charge is 0.0724 e. The summed E-state index contributed by atoms with van der Waals surface area (Å²) < 4.78 is 0. The van der Waals surface area contributed by atoms with Crippen molar-refractivity contribution in [2.24, 2.45) is 0 Å². The molecule has 1 aromatic carbocycles. The van der Waals surface area contributed by atoms with Gasteiger partial charge in [-0.15, -0.1) is 0 Å². The van der Waals surface area contributed by atoms with Crippen molar-refractivity contribution in [2.75, 3.05) is 0 Å². The highest BCUT2D eigenvalue weighted by atomic mass is 14.2. The Labute approximate surface area is 85.6 Å². The average Bonchev–Trinajstić information content (AvgIpc) is 2.61. The van der Waals surface area contributed by atoms with Crippen molar-refractivity contribution in [3.05, 3.63) is 40.0 Å². The second-order valence-corrected chi connectivity index (χ2v) is 4.66. The van der Waals surface area contributed by atoms with Crippen LogP contribution in [0.1, 0.15) is 42.0 Å². The van der Waals surface area contributed by atoms with Crippen LogP contribution >= 0.6 is 0 Å². The predicted octanol–water partition coefficient (Wildman–Crippen LogP) is 3.52. The molecule has 0 unspecified atom stereocenters.